The second kappa shape index (κ2) is 7.25. The van der Waals surface area contributed by atoms with Gasteiger partial charge in [0.15, 0.2) is 0 Å². The first-order chi connectivity index (χ1) is 12.7. The fourth-order valence-electron chi connectivity index (χ4n) is 3.12. The number of hydrogen-bond acceptors (Lipinski definition) is 4. The lowest BCUT2D eigenvalue weighted by Crippen LogP contribution is -2.48. The van der Waals surface area contributed by atoms with Crippen molar-refractivity contribution in [2.75, 3.05) is 31.1 Å². The van der Waals surface area contributed by atoms with E-state index in [9.17, 15) is 9.18 Å². The molecular weight excluding hydrogens is 349 g/mol. The van der Waals surface area contributed by atoms with Crippen molar-refractivity contribution in [3.63, 3.8) is 0 Å². The third kappa shape index (κ3) is 3.46. The minimum absolute atomic E-state index is 0.0314. The van der Waals surface area contributed by atoms with Crippen molar-refractivity contribution in [2.45, 2.75) is 0 Å². The lowest BCUT2D eigenvalue weighted by molar-refractivity contribution is 0.0746. The van der Waals surface area contributed by atoms with Crippen molar-refractivity contribution in [3.05, 3.63) is 71.5 Å². The molecule has 1 saturated heterocycles. The number of anilines is 1. The van der Waals surface area contributed by atoms with E-state index >= 15 is 0 Å². The molecule has 4 nitrogen and oxygen atoms in total. The predicted molar refractivity (Wildman–Crippen MR) is 102 cm³/mol. The first kappa shape index (κ1) is 16.7. The quantitative estimate of drug-likeness (QED) is 0.704. The zero-order chi connectivity index (χ0) is 17.9. The molecule has 0 unspecified atom stereocenters. The fraction of sp³-hybridized carbons (Fsp3) is 0.200. The van der Waals surface area contributed by atoms with Gasteiger partial charge in [0.25, 0.3) is 5.91 Å². The summed E-state index contributed by atoms with van der Waals surface area (Å²) in [5.41, 5.74) is 2.48. The zero-order valence-corrected chi connectivity index (χ0v) is 15.0. The van der Waals surface area contributed by atoms with E-state index in [0.717, 1.165) is 29.3 Å². The number of rotatable bonds is 3. The van der Waals surface area contributed by atoms with Crippen LogP contribution in [0.25, 0.3) is 10.6 Å². The van der Waals surface area contributed by atoms with Crippen LogP contribution in [0, 0.1) is 5.82 Å². The zero-order valence-electron chi connectivity index (χ0n) is 14.1. The van der Waals surface area contributed by atoms with Gasteiger partial charge in [-0.2, -0.15) is 0 Å². The monoisotopic (exact) mass is 367 g/mol. The van der Waals surface area contributed by atoms with Crippen LogP contribution in [0.4, 0.5) is 10.1 Å². The summed E-state index contributed by atoms with van der Waals surface area (Å²) in [7, 11) is 0. The number of pyridine rings is 1. The van der Waals surface area contributed by atoms with Crippen molar-refractivity contribution in [2.24, 2.45) is 0 Å². The molecule has 1 fully saturated rings. The molecule has 26 heavy (non-hydrogen) atoms. The third-order valence-electron chi connectivity index (χ3n) is 4.54. The van der Waals surface area contributed by atoms with Crippen molar-refractivity contribution in [3.8, 4) is 10.6 Å². The molecule has 6 heteroatoms. The highest BCUT2D eigenvalue weighted by Crippen LogP contribution is 2.24. The number of halogens is 1. The van der Waals surface area contributed by atoms with Crippen LogP contribution in [0.15, 0.2) is 60.1 Å². The van der Waals surface area contributed by atoms with Gasteiger partial charge in [0, 0.05) is 43.6 Å². The number of benzene rings is 1. The molecule has 1 aromatic carbocycles. The molecule has 2 aromatic heterocycles. The van der Waals surface area contributed by atoms with Gasteiger partial charge in [-0.1, -0.05) is 6.07 Å². The summed E-state index contributed by atoms with van der Waals surface area (Å²) in [6, 6.07) is 14.1. The van der Waals surface area contributed by atoms with E-state index in [1.165, 1.54) is 12.1 Å². The third-order valence-corrected chi connectivity index (χ3v) is 5.43. The molecule has 0 spiro atoms. The van der Waals surface area contributed by atoms with E-state index in [4.69, 9.17) is 0 Å². The molecular formula is C20H18FN3OS. The molecule has 0 N–H and O–H groups in total. The summed E-state index contributed by atoms with van der Waals surface area (Å²) in [4.78, 5) is 22.3. The maximum absolute atomic E-state index is 13.1. The van der Waals surface area contributed by atoms with Crippen LogP contribution in [0.1, 0.15) is 10.4 Å². The smallest absolute Gasteiger partial charge is 0.254 e. The number of hydrogen-bond donors (Lipinski definition) is 0. The summed E-state index contributed by atoms with van der Waals surface area (Å²) in [5, 5.41) is 2.00. The van der Waals surface area contributed by atoms with Gasteiger partial charge in [-0.3, -0.25) is 9.78 Å². The van der Waals surface area contributed by atoms with Crippen molar-refractivity contribution in [1.29, 1.82) is 0 Å². The Balaban J connectivity index is 1.44. The highest BCUT2D eigenvalue weighted by molar-refractivity contribution is 7.13. The van der Waals surface area contributed by atoms with Crippen LogP contribution >= 0.6 is 11.3 Å². The van der Waals surface area contributed by atoms with Crippen molar-refractivity contribution < 1.29 is 9.18 Å². The SMILES string of the molecule is O=C(c1ccnc(-c2cccs2)c1)N1CCN(c2ccc(F)cc2)CC1. The normalized spacial score (nSPS) is 14.5. The van der Waals surface area contributed by atoms with E-state index < -0.39 is 0 Å². The van der Waals surface area contributed by atoms with E-state index in [2.05, 4.69) is 9.88 Å². The Morgan fingerprint density at radius 1 is 1.04 bits per heavy atom. The molecule has 4 rings (SSSR count). The molecule has 1 amide bonds. The number of carbonyl (C=O) groups is 1. The molecule has 0 aliphatic carbocycles. The van der Waals surface area contributed by atoms with Gasteiger partial charge in [0.1, 0.15) is 5.82 Å². The first-order valence-corrected chi connectivity index (χ1v) is 9.38. The van der Waals surface area contributed by atoms with Gasteiger partial charge in [-0.05, 0) is 47.8 Å². The van der Waals surface area contributed by atoms with E-state index in [0.29, 0.717) is 18.7 Å². The topological polar surface area (TPSA) is 36.4 Å². The molecule has 3 aromatic rings. The van der Waals surface area contributed by atoms with Crippen molar-refractivity contribution in [1.82, 2.24) is 9.88 Å². The number of carbonyl (C=O) groups excluding carboxylic acids is 1. The summed E-state index contributed by atoms with van der Waals surface area (Å²) < 4.78 is 13.1. The van der Waals surface area contributed by atoms with Crippen LogP contribution in [0.3, 0.4) is 0 Å². The number of amides is 1. The molecule has 3 heterocycles. The summed E-state index contributed by atoms with van der Waals surface area (Å²) in [5.74, 6) is -0.203. The minimum Gasteiger partial charge on any atom is -0.368 e. The standard InChI is InChI=1S/C20H18FN3OS/c21-16-3-5-17(6-4-16)23-9-11-24(12-10-23)20(25)15-7-8-22-18(14-15)19-2-1-13-26-19/h1-8,13-14H,9-12H2. The van der Waals surface area contributed by atoms with Gasteiger partial charge >= 0.3 is 0 Å². The van der Waals surface area contributed by atoms with Gasteiger partial charge in [0.2, 0.25) is 0 Å². The maximum atomic E-state index is 13.1. The lowest BCUT2D eigenvalue weighted by Gasteiger charge is -2.36. The number of aromatic nitrogens is 1. The molecule has 0 bridgehead atoms. The summed E-state index contributed by atoms with van der Waals surface area (Å²) >= 11 is 1.61. The summed E-state index contributed by atoms with van der Waals surface area (Å²) in [6.45, 7) is 2.76. The van der Waals surface area contributed by atoms with E-state index in [-0.39, 0.29) is 11.7 Å². The highest BCUT2D eigenvalue weighted by Gasteiger charge is 2.22. The molecule has 132 valence electrons. The van der Waals surface area contributed by atoms with Crippen molar-refractivity contribution >= 4 is 22.9 Å². The highest BCUT2D eigenvalue weighted by atomic mass is 32.1. The van der Waals surface area contributed by atoms with Gasteiger partial charge in [-0.15, -0.1) is 11.3 Å². The van der Waals surface area contributed by atoms with Crippen LogP contribution in [-0.4, -0.2) is 42.0 Å². The minimum atomic E-state index is -0.234. The molecule has 1 aliphatic rings. The Labute approximate surface area is 155 Å². The molecule has 0 saturated carbocycles. The second-order valence-corrected chi connectivity index (χ2v) is 7.11. The Morgan fingerprint density at radius 3 is 2.50 bits per heavy atom. The summed E-state index contributed by atoms with van der Waals surface area (Å²) in [6.07, 6.45) is 1.69. The lowest BCUT2D eigenvalue weighted by atomic mass is 10.1. The molecule has 0 atom stereocenters. The van der Waals surface area contributed by atoms with Crippen LogP contribution in [0.5, 0.6) is 0 Å². The Kier molecular flexibility index (Phi) is 4.67. The van der Waals surface area contributed by atoms with Crippen LogP contribution < -0.4 is 4.90 Å². The maximum Gasteiger partial charge on any atom is 0.254 e. The Bertz CT molecular complexity index is 888. The van der Waals surface area contributed by atoms with Crippen LogP contribution in [-0.2, 0) is 0 Å². The largest absolute Gasteiger partial charge is 0.368 e. The van der Waals surface area contributed by atoms with Gasteiger partial charge in [0.05, 0.1) is 10.6 Å². The average Bonchev–Trinajstić information content (AvgIpc) is 3.23. The number of piperazine rings is 1. The molecule has 0 radical (unpaired) electrons. The molecule has 1 aliphatic heterocycles. The Morgan fingerprint density at radius 2 is 1.81 bits per heavy atom. The number of thiophene rings is 1. The predicted octanol–water partition coefficient (Wildman–Crippen LogP) is 3.91. The number of nitrogens with zero attached hydrogens (tertiary/aromatic N) is 3. The van der Waals surface area contributed by atoms with E-state index in [1.54, 1.807) is 35.7 Å². The van der Waals surface area contributed by atoms with E-state index in [1.807, 2.05) is 28.5 Å². The van der Waals surface area contributed by atoms with Gasteiger partial charge < -0.3 is 9.80 Å². The van der Waals surface area contributed by atoms with Crippen LogP contribution in [0.2, 0.25) is 0 Å². The second-order valence-electron chi connectivity index (χ2n) is 6.16. The Hall–Kier alpha value is -2.73. The first-order valence-electron chi connectivity index (χ1n) is 8.50. The van der Waals surface area contributed by atoms with Gasteiger partial charge in [-0.25, -0.2) is 4.39 Å². The average molecular weight is 367 g/mol. The fourth-order valence-corrected chi connectivity index (χ4v) is 3.82.